The van der Waals surface area contributed by atoms with Gasteiger partial charge in [0.25, 0.3) is 0 Å². The number of aliphatic hydroxyl groups excluding tert-OH is 2. The Bertz CT molecular complexity index is 516. The first-order valence-corrected chi connectivity index (χ1v) is 8.29. The summed E-state index contributed by atoms with van der Waals surface area (Å²) in [6, 6.07) is 0. The molecule has 4 nitrogen and oxygen atoms in total. The van der Waals surface area contributed by atoms with Gasteiger partial charge in [-0.2, -0.15) is 0 Å². The van der Waals surface area contributed by atoms with E-state index in [1.807, 2.05) is 26.0 Å². The van der Waals surface area contributed by atoms with Crippen LogP contribution in [0.4, 0.5) is 0 Å². The van der Waals surface area contributed by atoms with Gasteiger partial charge in [-0.05, 0) is 71.6 Å². The fourth-order valence-electron chi connectivity index (χ4n) is 2.07. The topological polar surface area (TPSA) is 77.8 Å². The van der Waals surface area contributed by atoms with Crippen molar-refractivity contribution in [3.05, 3.63) is 47.1 Å². The number of rotatable bonds is 10. The summed E-state index contributed by atoms with van der Waals surface area (Å²) in [6.07, 6.45) is 9.68. The van der Waals surface area contributed by atoms with Crippen LogP contribution in [-0.4, -0.2) is 39.4 Å². The molecule has 0 saturated heterocycles. The van der Waals surface area contributed by atoms with E-state index in [2.05, 4.69) is 0 Å². The summed E-state index contributed by atoms with van der Waals surface area (Å²) in [5.41, 5.74) is 1.66. The summed E-state index contributed by atoms with van der Waals surface area (Å²) >= 11 is 0. The maximum Gasteiger partial charge on any atom is 0.180 e. The molecule has 1 atom stereocenters. The van der Waals surface area contributed by atoms with Crippen LogP contribution in [0.1, 0.15) is 53.9 Å². The van der Waals surface area contributed by atoms with Crippen molar-refractivity contribution in [3.8, 4) is 0 Å². The minimum atomic E-state index is -0.992. The molecule has 3 N–H and O–H groups in total. The number of aliphatic hydroxyl groups is 3. The Morgan fingerprint density at radius 2 is 1.75 bits per heavy atom. The van der Waals surface area contributed by atoms with Gasteiger partial charge in [-0.1, -0.05) is 29.4 Å². The second-order valence-corrected chi connectivity index (χ2v) is 6.79. The highest BCUT2D eigenvalue weighted by Gasteiger charge is 2.08. The molecule has 0 aromatic heterocycles. The lowest BCUT2D eigenvalue weighted by Gasteiger charge is -2.09. The van der Waals surface area contributed by atoms with Crippen LogP contribution in [-0.2, 0) is 4.79 Å². The van der Waals surface area contributed by atoms with Crippen LogP contribution < -0.4 is 0 Å². The van der Waals surface area contributed by atoms with Gasteiger partial charge in [0.15, 0.2) is 5.78 Å². The molecule has 0 aliphatic carbocycles. The van der Waals surface area contributed by atoms with Crippen molar-refractivity contribution in [1.29, 1.82) is 0 Å². The monoisotopic (exact) mass is 336 g/mol. The molecule has 0 unspecified atom stereocenters. The van der Waals surface area contributed by atoms with Crippen molar-refractivity contribution >= 4 is 5.78 Å². The van der Waals surface area contributed by atoms with Crippen LogP contribution in [0.3, 0.4) is 0 Å². The number of hydrogen-bond donors (Lipinski definition) is 3. The van der Waals surface area contributed by atoms with Crippen LogP contribution >= 0.6 is 0 Å². The SMILES string of the molecule is C/C(=C\[C@@H](O)C/C(C)=C/CO)CC/C=C(\C)C(=O)/C=C/C(C)(C)O. The number of carbonyl (C=O) groups is 1. The molecule has 0 rings (SSSR count). The summed E-state index contributed by atoms with van der Waals surface area (Å²) in [7, 11) is 0. The van der Waals surface area contributed by atoms with Crippen LogP contribution in [0, 0.1) is 0 Å². The standard InChI is InChI=1S/C20H32O4/c1-15(13-18(22)14-16(2)10-12-21)7-6-8-17(3)19(23)9-11-20(4,5)24/h8-11,13,18,21-22,24H,6-7,12,14H2,1-5H3/b11-9+,15-13+,16-10+,17-8+/t18-/m1/s1. The Morgan fingerprint density at radius 1 is 1.12 bits per heavy atom. The normalized spacial score (nSPS) is 15.9. The molecule has 0 fully saturated rings. The molecule has 0 spiro atoms. The molecule has 0 bridgehead atoms. The van der Waals surface area contributed by atoms with Gasteiger partial charge in [0.1, 0.15) is 0 Å². The smallest absolute Gasteiger partial charge is 0.180 e. The first-order valence-electron chi connectivity index (χ1n) is 8.29. The Kier molecular flexibility index (Phi) is 10.4. The first-order chi connectivity index (χ1) is 11.0. The highest BCUT2D eigenvalue weighted by atomic mass is 16.3. The second kappa shape index (κ2) is 11.1. The largest absolute Gasteiger partial charge is 0.392 e. The molecule has 0 aliphatic heterocycles. The lowest BCUT2D eigenvalue weighted by Crippen LogP contribution is -2.14. The highest BCUT2D eigenvalue weighted by Crippen LogP contribution is 2.12. The van der Waals surface area contributed by atoms with Crippen molar-refractivity contribution < 1.29 is 20.1 Å². The minimum absolute atomic E-state index is 0.0126. The van der Waals surface area contributed by atoms with E-state index in [0.717, 1.165) is 17.6 Å². The van der Waals surface area contributed by atoms with E-state index in [4.69, 9.17) is 5.11 Å². The first kappa shape index (κ1) is 22.5. The van der Waals surface area contributed by atoms with Crippen LogP contribution in [0.2, 0.25) is 0 Å². The molecule has 0 aromatic carbocycles. The van der Waals surface area contributed by atoms with Crippen LogP contribution in [0.15, 0.2) is 47.1 Å². The van der Waals surface area contributed by atoms with Gasteiger partial charge in [-0.25, -0.2) is 0 Å². The van der Waals surface area contributed by atoms with Crippen LogP contribution in [0.5, 0.6) is 0 Å². The lowest BCUT2D eigenvalue weighted by atomic mass is 10.0. The zero-order valence-corrected chi connectivity index (χ0v) is 15.5. The van der Waals surface area contributed by atoms with Gasteiger partial charge in [0, 0.05) is 0 Å². The zero-order valence-electron chi connectivity index (χ0n) is 15.5. The summed E-state index contributed by atoms with van der Waals surface area (Å²) in [5.74, 6) is -0.108. The quantitative estimate of drug-likeness (QED) is 0.423. The molecule has 0 aliphatic rings. The molecule has 24 heavy (non-hydrogen) atoms. The average Bonchev–Trinajstić information content (AvgIpc) is 2.43. The summed E-state index contributed by atoms with van der Waals surface area (Å²) in [5, 5.41) is 28.3. The molecule has 4 heteroatoms. The number of carbonyl (C=O) groups excluding carboxylic acids is 1. The lowest BCUT2D eigenvalue weighted by molar-refractivity contribution is -0.111. The number of ketones is 1. The Balaban J connectivity index is 4.46. The van der Waals surface area contributed by atoms with Crippen molar-refractivity contribution in [2.75, 3.05) is 6.61 Å². The summed E-state index contributed by atoms with van der Waals surface area (Å²) in [4.78, 5) is 11.9. The predicted molar refractivity (Wildman–Crippen MR) is 98.7 cm³/mol. The van der Waals surface area contributed by atoms with Gasteiger partial charge in [-0.3, -0.25) is 4.79 Å². The van der Waals surface area contributed by atoms with Gasteiger partial charge >= 0.3 is 0 Å². The average molecular weight is 336 g/mol. The molecule has 136 valence electrons. The van der Waals surface area contributed by atoms with Crippen molar-refractivity contribution in [2.24, 2.45) is 0 Å². The Morgan fingerprint density at radius 3 is 2.29 bits per heavy atom. The molecule has 0 heterocycles. The number of allylic oxidation sites excluding steroid dienone is 4. The summed E-state index contributed by atoms with van der Waals surface area (Å²) < 4.78 is 0. The van der Waals surface area contributed by atoms with Crippen molar-refractivity contribution in [1.82, 2.24) is 0 Å². The van der Waals surface area contributed by atoms with E-state index in [-0.39, 0.29) is 12.4 Å². The fraction of sp³-hybridized carbons (Fsp3) is 0.550. The van der Waals surface area contributed by atoms with Gasteiger partial charge in [0.2, 0.25) is 0 Å². The zero-order chi connectivity index (χ0) is 18.8. The van der Waals surface area contributed by atoms with Gasteiger partial charge in [0.05, 0.1) is 18.3 Å². The molecule has 0 radical (unpaired) electrons. The maximum absolute atomic E-state index is 11.9. The highest BCUT2D eigenvalue weighted by molar-refractivity contribution is 6.03. The summed E-state index contributed by atoms with van der Waals surface area (Å²) in [6.45, 7) is 8.81. The Hall–Kier alpha value is -1.49. The van der Waals surface area contributed by atoms with E-state index >= 15 is 0 Å². The maximum atomic E-state index is 11.9. The predicted octanol–water partition coefficient (Wildman–Crippen LogP) is 3.25. The van der Waals surface area contributed by atoms with Gasteiger partial charge < -0.3 is 15.3 Å². The third-order valence-electron chi connectivity index (χ3n) is 3.47. The Labute approximate surface area is 145 Å². The van der Waals surface area contributed by atoms with E-state index in [9.17, 15) is 15.0 Å². The third kappa shape index (κ3) is 12.0. The van der Waals surface area contributed by atoms with E-state index < -0.39 is 11.7 Å². The molecule has 0 saturated carbocycles. The third-order valence-corrected chi connectivity index (χ3v) is 3.47. The van der Waals surface area contributed by atoms with E-state index in [1.165, 1.54) is 12.2 Å². The molecular formula is C20H32O4. The molecule has 0 amide bonds. The number of hydrogen-bond acceptors (Lipinski definition) is 4. The minimum Gasteiger partial charge on any atom is -0.392 e. The van der Waals surface area contributed by atoms with Gasteiger partial charge in [-0.15, -0.1) is 0 Å². The second-order valence-electron chi connectivity index (χ2n) is 6.79. The molecule has 0 aromatic rings. The van der Waals surface area contributed by atoms with E-state index in [0.29, 0.717) is 18.4 Å². The molecular weight excluding hydrogens is 304 g/mol. The fourth-order valence-corrected chi connectivity index (χ4v) is 2.07. The van der Waals surface area contributed by atoms with Crippen LogP contribution in [0.25, 0.3) is 0 Å². The van der Waals surface area contributed by atoms with Crippen molar-refractivity contribution in [2.45, 2.75) is 65.6 Å². The van der Waals surface area contributed by atoms with Crippen molar-refractivity contribution in [3.63, 3.8) is 0 Å². The van der Waals surface area contributed by atoms with E-state index in [1.54, 1.807) is 26.8 Å².